The van der Waals surface area contributed by atoms with Gasteiger partial charge in [-0.05, 0) is 12.1 Å². The van der Waals surface area contributed by atoms with Gasteiger partial charge in [-0.3, -0.25) is 0 Å². The van der Waals surface area contributed by atoms with Crippen molar-refractivity contribution in [1.82, 2.24) is 0 Å². The van der Waals surface area contributed by atoms with Gasteiger partial charge in [0.15, 0.2) is 6.17 Å². The Morgan fingerprint density at radius 3 is 3.00 bits per heavy atom. The molecule has 1 aromatic heterocycles. The average molecular weight is 129 g/mol. The summed E-state index contributed by atoms with van der Waals surface area (Å²) in [7, 11) is 0. The first-order valence-electron chi connectivity index (χ1n) is 2.72. The molecule has 0 radical (unpaired) electrons. The fourth-order valence-electron chi connectivity index (χ4n) is 0.586. The fourth-order valence-corrected chi connectivity index (χ4v) is 0.586. The summed E-state index contributed by atoms with van der Waals surface area (Å²) in [5.74, 6) is 0.303. The van der Waals surface area contributed by atoms with Crippen molar-refractivity contribution < 1.29 is 8.81 Å². The summed E-state index contributed by atoms with van der Waals surface area (Å²) in [6.45, 7) is -0.0203. The molecule has 0 spiro atoms. The van der Waals surface area contributed by atoms with E-state index in [1.165, 1.54) is 6.26 Å². The molecule has 0 saturated heterocycles. The summed E-state index contributed by atoms with van der Waals surface area (Å²) >= 11 is 0. The number of nitrogens with two attached hydrogens (primary N) is 1. The van der Waals surface area contributed by atoms with Crippen molar-refractivity contribution in [3.63, 3.8) is 0 Å². The monoisotopic (exact) mass is 129 g/mol. The molecule has 0 bridgehead atoms. The van der Waals surface area contributed by atoms with Crippen molar-refractivity contribution in [1.29, 1.82) is 0 Å². The lowest BCUT2D eigenvalue weighted by atomic mass is 10.3. The third kappa shape index (κ3) is 1.29. The topological polar surface area (TPSA) is 39.2 Å². The van der Waals surface area contributed by atoms with Crippen LogP contribution in [0.4, 0.5) is 4.39 Å². The minimum absolute atomic E-state index is 0.0203. The smallest absolute Gasteiger partial charge is 0.170 e. The van der Waals surface area contributed by atoms with Gasteiger partial charge in [-0.15, -0.1) is 0 Å². The van der Waals surface area contributed by atoms with Gasteiger partial charge in [-0.25, -0.2) is 4.39 Å². The van der Waals surface area contributed by atoms with Crippen LogP contribution in [0.1, 0.15) is 11.9 Å². The van der Waals surface area contributed by atoms with Crippen LogP contribution in [0.5, 0.6) is 0 Å². The highest BCUT2D eigenvalue weighted by Gasteiger charge is 2.08. The standard InChI is InChI=1S/C6H8FNO/c7-5(4-8)6-2-1-3-9-6/h1-3,5H,4,8H2. The minimum atomic E-state index is -1.15. The summed E-state index contributed by atoms with van der Waals surface area (Å²) in [6.07, 6.45) is 0.275. The molecule has 1 aromatic rings. The zero-order valence-corrected chi connectivity index (χ0v) is 4.88. The minimum Gasteiger partial charge on any atom is -0.466 e. The average Bonchev–Trinajstić information content (AvgIpc) is 2.37. The van der Waals surface area contributed by atoms with Gasteiger partial charge in [0.05, 0.1) is 6.26 Å². The van der Waals surface area contributed by atoms with Crippen LogP contribution in [-0.4, -0.2) is 6.54 Å². The zero-order chi connectivity index (χ0) is 6.69. The second kappa shape index (κ2) is 2.64. The molecule has 1 unspecified atom stereocenters. The van der Waals surface area contributed by atoms with E-state index in [1.54, 1.807) is 12.1 Å². The Hall–Kier alpha value is -0.830. The Bertz CT molecular complexity index is 162. The van der Waals surface area contributed by atoms with Crippen molar-refractivity contribution in [2.75, 3.05) is 6.54 Å². The molecular weight excluding hydrogens is 121 g/mol. The summed E-state index contributed by atoms with van der Waals surface area (Å²) in [5, 5.41) is 0. The Labute approximate surface area is 52.5 Å². The first-order valence-corrected chi connectivity index (χ1v) is 2.72. The highest BCUT2D eigenvalue weighted by molar-refractivity contribution is 5.01. The molecule has 0 aromatic carbocycles. The number of hydrogen-bond acceptors (Lipinski definition) is 2. The number of rotatable bonds is 2. The van der Waals surface area contributed by atoms with Crippen LogP contribution in [0.25, 0.3) is 0 Å². The maximum atomic E-state index is 12.5. The van der Waals surface area contributed by atoms with Crippen LogP contribution in [-0.2, 0) is 0 Å². The molecular formula is C6H8FNO. The molecule has 0 amide bonds. The molecule has 1 heterocycles. The molecule has 3 heteroatoms. The summed E-state index contributed by atoms with van der Waals surface area (Å²) < 4.78 is 17.2. The molecule has 0 aliphatic rings. The highest BCUT2D eigenvalue weighted by Crippen LogP contribution is 2.14. The largest absolute Gasteiger partial charge is 0.466 e. The van der Waals surface area contributed by atoms with Crippen molar-refractivity contribution in [3.05, 3.63) is 24.2 Å². The number of hydrogen-bond donors (Lipinski definition) is 1. The predicted molar refractivity (Wildman–Crippen MR) is 31.6 cm³/mol. The lowest BCUT2D eigenvalue weighted by Crippen LogP contribution is -2.06. The van der Waals surface area contributed by atoms with E-state index in [0.717, 1.165) is 0 Å². The van der Waals surface area contributed by atoms with Crippen molar-refractivity contribution in [3.8, 4) is 0 Å². The van der Waals surface area contributed by atoms with Gasteiger partial charge in [0.25, 0.3) is 0 Å². The van der Waals surface area contributed by atoms with Crippen LogP contribution in [0.15, 0.2) is 22.8 Å². The third-order valence-electron chi connectivity index (χ3n) is 1.06. The molecule has 0 aliphatic heterocycles. The van der Waals surface area contributed by atoms with Crippen LogP contribution < -0.4 is 5.73 Å². The number of halogens is 1. The molecule has 1 rings (SSSR count). The van der Waals surface area contributed by atoms with Crippen molar-refractivity contribution in [2.24, 2.45) is 5.73 Å². The van der Waals surface area contributed by atoms with Gasteiger partial charge >= 0.3 is 0 Å². The van der Waals surface area contributed by atoms with Gasteiger partial charge in [0, 0.05) is 6.54 Å². The van der Waals surface area contributed by atoms with Gasteiger partial charge in [0.2, 0.25) is 0 Å². The predicted octanol–water partition coefficient (Wildman–Crippen LogP) is 1.25. The van der Waals surface area contributed by atoms with E-state index in [4.69, 9.17) is 10.2 Å². The third-order valence-corrected chi connectivity index (χ3v) is 1.06. The normalized spacial score (nSPS) is 13.6. The van der Waals surface area contributed by atoms with E-state index in [9.17, 15) is 4.39 Å². The summed E-state index contributed by atoms with van der Waals surface area (Å²) in [6, 6.07) is 3.20. The first-order chi connectivity index (χ1) is 4.34. The molecule has 0 aliphatic carbocycles. The van der Waals surface area contributed by atoms with Gasteiger partial charge in [-0.2, -0.15) is 0 Å². The Balaban J connectivity index is 2.65. The molecule has 2 N–H and O–H groups in total. The van der Waals surface area contributed by atoms with Gasteiger partial charge < -0.3 is 10.2 Å². The Kier molecular flexibility index (Phi) is 1.85. The fraction of sp³-hybridized carbons (Fsp3) is 0.333. The van der Waals surface area contributed by atoms with Crippen LogP contribution >= 0.6 is 0 Å². The SMILES string of the molecule is NCC(F)c1ccco1. The Morgan fingerprint density at radius 1 is 1.78 bits per heavy atom. The van der Waals surface area contributed by atoms with E-state index in [0.29, 0.717) is 5.76 Å². The molecule has 0 fully saturated rings. The lowest BCUT2D eigenvalue weighted by molar-refractivity contribution is 0.294. The van der Waals surface area contributed by atoms with Gasteiger partial charge in [0.1, 0.15) is 5.76 Å². The zero-order valence-electron chi connectivity index (χ0n) is 4.88. The van der Waals surface area contributed by atoms with Crippen molar-refractivity contribution in [2.45, 2.75) is 6.17 Å². The molecule has 50 valence electrons. The van der Waals surface area contributed by atoms with Crippen LogP contribution in [0.2, 0.25) is 0 Å². The number of alkyl halides is 1. The quantitative estimate of drug-likeness (QED) is 0.652. The number of furan rings is 1. The van der Waals surface area contributed by atoms with Crippen LogP contribution in [0.3, 0.4) is 0 Å². The van der Waals surface area contributed by atoms with Gasteiger partial charge in [-0.1, -0.05) is 0 Å². The molecule has 0 saturated carbocycles. The second-order valence-electron chi connectivity index (χ2n) is 1.72. The maximum absolute atomic E-state index is 12.5. The van der Waals surface area contributed by atoms with E-state index in [2.05, 4.69) is 0 Å². The summed E-state index contributed by atoms with van der Waals surface area (Å²) in [4.78, 5) is 0. The van der Waals surface area contributed by atoms with Crippen molar-refractivity contribution >= 4 is 0 Å². The molecule has 1 atom stereocenters. The van der Waals surface area contributed by atoms with E-state index in [-0.39, 0.29) is 6.54 Å². The van der Waals surface area contributed by atoms with E-state index in [1.807, 2.05) is 0 Å². The maximum Gasteiger partial charge on any atom is 0.170 e. The molecule has 9 heavy (non-hydrogen) atoms. The van der Waals surface area contributed by atoms with E-state index < -0.39 is 6.17 Å². The first kappa shape index (κ1) is 6.29. The molecule has 2 nitrogen and oxygen atoms in total. The van der Waals surface area contributed by atoms with Crippen LogP contribution in [0, 0.1) is 0 Å². The van der Waals surface area contributed by atoms with E-state index >= 15 is 0 Å². The Morgan fingerprint density at radius 2 is 2.56 bits per heavy atom. The lowest BCUT2D eigenvalue weighted by Gasteiger charge is -1.97. The highest BCUT2D eigenvalue weighted by atomic mass is 19.1. The second-order valence-corrected chi connectivity index (χ2v) is 1.72. The summed E-state index contributed by atoms with van der Waals surface area (Å²) in [5.41, 5.74) is 5.03.